The van der Waals surface area contributed by atoms with Gasteiger partial charge in [0.25, 0.3) is 0 Å². The van der Waals surface area contributed by atoms with E-state index in [1.807, 2.05) is 53.4 Å². The van der Waals surface area contributed by atoms with E-state index in [-0.39, 0.29) is 12.1 Å². The lowest BCUT2D eigenvalue weighted by molar-refractivity contribution is 0.00588. The van der Waals surface area contributed by atoms with E-state index in [4.69, 9.17) is 26.3 Å². The minimum atomic E-state index is -0.146. The molecule has 8 heteroatoms. The molecule has 3 aromatic rings. The van der Waals surface area contributed by atoms with Gasteiger partial charge in [0, 0.05) is 43.4 Å². The van der Waals surface area contributed by atoms with Crippen LogP contribution in [0.3, 0.4) is 0 Å². The quantitative estimate of drug-likeness (QED) is 0.448. The minimum Gasteiger partial charge on any atom is -0.497 e. The van der Waals surface area contributed by atoms with Gasteiger partial charge in [0.15, 0.2) is 0 Å². The second-order valence-electron chi connectivity index (χ2n) is 8.61. The van der Waals surface area contributed by atoms with Crippen molar-refractivity contribution >= 4 is 23.3 Å². The lowest BCUT2D eigenvalue weighted by atomic mass is 10.1. The Kier molecular flexibility index (Phi) is 8.80. The standard InChI is InChI=1S/C28H29ClN4O3/c1-35-26-4-2-3-22(17-26)20-36-27(23-7-9-24(29)10-8-23)19-32-13-15-33(16-14-32)28(34)31-25-11-5-21(18-30)6-12-25/h2-12,17,27H,13-16,19-20H2,1H3,(H,31,34). The number of carbonyl (C=O) groups excluding carboxylic acids is 1. The number of piperazine rings is 1. The fourth-order valence-electron chi connectivity index (χ4n) is 4.09. The Labute approximate surface area is 216 Å². The zero-order chi connectivity index (χ0) is 25.3. The Bertz CT molecular complexity index is 1190. The Morgan fingerprint density at radius 1 is 1.06 bits per heavy atom. The highest BCUT2D eigenvalue weighted by Gasteiger charge is 2.24. The second kappa shape index (κ2) is 12.4. The molecule has 186 valence electrons. The van der Waals surface area contributed by atoms with Crippen molar-refractivity contribution in [2.24, 2.45) is 0 Å². The van der Waals surface area contributed by atoms with Gasteiger partial charge in [-0.25, -0.2) is 4.79 Å². The Balaban J connectivity index is 1.34. The summed E-state index contributed by atoms with van der Waals surface area (Å²) in [7, 11) is 1.65. The van der Waals surface area contributed by atoms with Crippen LogP contribution >= 0.6 is 11.6 Å². The van der Waals surface area contributed by atoms with Gasteiger partial charge in [-0.05, 0) is 59.7 Å². The van der Waals surface area contributed by atoms with Crippen molar-refractivity contribution in [3.05, 3.63) is 94.5 Å². The minimum absolute atomic E-state index is 0.136. The first-order valence-electron chi connectivity index (χ1n) is 11.8. The van der Waals surface area contributed by atoms with Gasteiger partial charge in [-0.3, -0.25) is 4.90 Å². The molecule has 2 amide bonds. The molecular formula is C28H29ClN4O3. The molecule has 0 saturated carbocycles. The van der Waals surface area contributed by atoms with Crippen LogP contribution in [-0.4, -0.2) is 55.7 Å². The second-order valence-corrected chi connectivity index (χ2v) is 9.05. The number of ether oxygens (including phenoxy) is 2. The van der Waals surface area contributed by atoms with E-state index in [1.165, 1.54) is 0 Å². The van der Waals surface area contributed by atoms with Crippen LogP contribution in [0.5, 0.6) is 5.75 Å². The van der Waals surface area contributed by atoms with E-state index in [9.17, 15) is 4.79 Å². The van der Waals surface area contributed by atoms with Crippen molar-refractivity contribution in [3.8, 4) is 11.8 Å². The average Bonchev–Trinajstić information content (AvgIpc) is 2.92. The van der Waals surface area contributed by atoms with Gasteiger partial charge >= 0.3 is 6.03 Å². The Hall–Kier alpha value is -3.57. The molecule has 7 nitrogen and oxygen atoms in total. The molecule has 0 aromatic heterocycles. The molecule has 4 rings (SSSR count). The molecule has 1 fully saturated rings. The zero-order valence-corrected chi connectivity index (χ0v) is 20.9. The molecule has 1 saturated heterocycles. The summed E-state index contributed by atoms with van der Waals surface area (Å²) in [4.78, 5) is 16.8. The molecule has 1 unspecified atom stereocenters. The highest BCUT2D eigenvalue weighted by Crippen LogP contribution is 2.24. The molecule has 0 spiro atoms. The zero-order valence-electron chi connectivity index (χ0n) is 20.2. The number of halogens is 1. The van der Waals surface area contributed by atoms with Gasteiger partial charge in [0.2, 0.25) is 0 Å². The summed E-state index contributed by atoms with van der Waals surface area (Å²) in [6, 6.07) is 24.4. The molecule has 3 aromatic carbocycles. The van der Waals surface area contributed by atoms with Crippen LogP contribution in [0.15, 0.2) is 72.8 Å². The van der Waals surface area contributed by atoms with Gasteiger partial charge in [0.05, 0.1) is 31.5 Å². The van der Waals surface area contributed by atoms with Crippen LogP contribution in [0.25, 0.3) is 0 Å². The lowest BCUT2D eigenvalue weighted by Crippen LogP contribution is -2.50. The molecule has 0 bridgehead atoms. The van der Waals surface area contributed by atoms with Crippen molar-refractivity contribution in [2.45, 2.75) is 12.7 Å². The summed E-state index contributed by atoms with van der Waals surface area (Å²) in [5.74, 6) is 0.801. The number of anilines is 1. The highest BCUT2D eigenvalue weighted by atomic mass is 35.5. The molecule has 1 aliphatic heterocycles. The summed E-state index contributed by atoms with van der Waals surface area (Å²) in [5.41, 5.74) is 3.33. The maximum absolute atomic E-state index is 12.7. The third-order valence-corrected chi connectivity index (χ3v) is 6.43. The molecule has 36 heavy (non-hydrogen) atoms. The van der Waals surface area contributed by atoms with E-state index in [2.05, 4.69) is 16.3 Å². The fraction of sp³-hybridized carbons (Fsp3) is 0.286. The van der Waals surface area contributed by atoms with Gasteiger partial charge < -0.3 is 19.7 Å². The number of amides is 2. The highest BCUT2D eigenvalue weighted by molar-refractivity contribution is 6.30. The van der Waals surface area contributed by atoms with Crippen LogP contribution in [0.2, 0.25) is 5.02 Å². The number of rotatable bonds is 8. The summed E-state index contributed by atoms with van der Waals surface area (Å²) in [6.45, 7) is 3.88. The van der Waals surface area contributed by atoms with Gasteiger partial charge in [-0.15, -0.1) is 0 Å². The maximum Gasteiger partial charge on any atom is 0.321 e. The summed E-state index contributed by atoms with van der Waals surface area (Å²) < 4.78 is 11.7. The summed E-state index contributed by atoms with van der Waals surface area (Å²) >= 11 is 6.11. The first-order chi connectivity index (χ1) is 17.5. The van der Waals surface area contributed by atoms with Gasteiger partial charge in [-0.2, -0.15) is 5.26 Å². The Morgan fingerprint density at radius 2 is 1.78 bits per heavy atom. The SMILES string of the molecule is COc1cccc(COC(CN2CCN(C(=O)Nc3ccc(C#N)cc3)CC2)c2ccc(Cl)cc2)c1. The van der Waals surface area contributed by atoms with Crippen molar-refractivity contribution < 1.29 is 14.3 Å². The van der Waals surface area contributed by atoms with E-state index in [0.717, 1.165) is 30.0 Å². The molecule has 1 N–H and O–H groups in total. The van der Waals surface area contributed by atoms with Crippen LogP contribution in [-0.2, 0) is 11.3 Å². The van der Waals surface area contributed by atoms with E-state index in [1.54, 1.807) is 31.4 Å². The van der Waals surface area contributed by atoms with E-state index < -0.39 is 0 Å². The molecule has 1 atom stereocenters. The largest absolute Gasteiger partial charge is 0.497 e. The van der Waals surface area contributed by atoms with E-state index >= 15 is 0 Å². The number of nitrogens with zero attached hydrogens (tertiary/aromatic N) is 3. The number of urea groups is 1. The molecule has 1 heterocycles. The molecule has 1 aliphatic rings. The number of benzene rings is 3. The topological polar surface area (TPSA) is 77.8 Å². The third kappa shape index (κ3) is 6.98. The van der Waals surface area contributed by atoms with Crippen molar-refractivity contribution in [2.75, 3.05) is 45.2 Å². The number of hydrogen-bond donors (Lipinski definition) is 1. The molecular weight excluding hydrogens is 476 g/mol. The first-order valence-corrected chi connectivity index (χ1v) is 12.2. The number of hydrogen-bond acceptors (Lipinski definition) is 5. The van der Waals surface area contributed by atoms with E-state index in [0.29, 0.717) is 42.5 Å². The van der Waals surface area contributed by atoms with Crippen LogP contribution < -0.4 is 10.1 Å². The average molecular weight is 505 g/mol. The molecule has 0 radical (unpaired) electrons. The van der Waals surface area contributed by atoms with Crippen molar-refractivity contribution in [1.29, 1.82) is 5.26 Å². The molecule has 0 aliphatic carbocycles. The van der Waals surface area contributed by atoms with Crippen LogP contribution in [0, 0.1) is 11.3 Å². The number of nitriles is 1. The first kappa shape index (κ1) is 25.5. The van der Waals surface area contributed by atoms with Crippen LogP contribution in [0.1, 0.15) is 22.8 Å². The number of nitrogens with one attached hydrogen (secondary N) is 1. The lowest BCUT2D eigenvalue weighted by Gasteiger charge is -2.36. The summed E-state index contributed by atoms with van der Waals surface area (Å²) in [6.07, 6.45) is -0.146. The summed E-state index contributed by atoms with van der Waals surface area (Å²) in [5, 5.41) is 12.5. The van der Waals surface area contributed by atoms with Crippen molar-refractivity contribution in [1.82, 2.24) is 9.80 Å². The monoisotopic (exact) mass is 504 g/mol. The predicted molar refractivity (Wildman–Crippen MR) is 140 cm³/mol. The van der Waals surface area contributed by atoms with Crippen molar-refractivity contribution in [3.63, 3.8) is 0 Å². The smallest absolute Gasteiger partial charge is 0.321 e. The number of carbonyl (C=O) groups is 1. The Morgan fingerprint density at radius 3 is 2.44 bits per heavy atom. The third-order valence-electron chi connectivity index (χ3n) is 6.18. The number of methoxy groups -OCH3 is 1. The van der Waals surface area contributed by atoms with Gasteiger partial charge in [-0.1, -0.05) is 35.9 Å². The van der Waals surface area contributed by atoms with Crippen LogP contribution in [0.4, 0.5) is 10.5 Å². The predicted octanol–water partition coefficient (Wildman–Crippen LogP) is 5.33. The normalized spacial score (nSPS) is 14.6. The van der Waals surface area contributed by atoms with Gasteiger partial charge in [0.1, 0.15) is 5.75 Å². The fourth-order valence-corrected chi connectivity index (χ4v) is 4.22. The maximum atomic E-state index is 12.7.